The molecule has 0 saturated carbocycles. The fourth-order valence-electron chi connectivity index (χ4n) is 2.68. The Bertz CT molecular complexity index is 550. The molecule has 0 unspecified atom stereocenters. The molecular weight excluding hydrogens is 272 g/mol. The summed E-state index contributed by atoms with van der Waals surface area (Å²) in [6.45, 7) is 9.10. The second-order valence-corrected chi connectivity index (χ2v) is 8.06. The van der Waals surface area contributed by atoms with Gasteiger partial charge in [0, 0.05) is 30.9 Å². The molecule has 1 heterocycles. The standard InChI is InChI=1S/C15H24N2O2S/c1-4-11-20(18,19)14-7-5-13(6-8-14)17-10-9-16-12-15(17,2)3/h5-8,16H,4,9-12H2,1-3H3. The summed E-state index contributed by atoms with van der Waals surface area (Å²) in [6.07, 6.45) is 0.648. The Hall–Kier alpha value is -1.07. The Balaban J connectivity index is 2.24. The Morgan fingerprint density at radius 1 is 1.25 bits per heavy atom. The molecule has 1 saturated heterocycles. The molecule has 2 rings (SSSR count). The van der Waals surface area contributed by atoms with Gasteiger partial charge in [0.05, 0.1) is 10.6 Å². The van der Waals surface area contributed by atoms with Crippen molar-refractivity contribution in [1.82, 2.24) is 5.32 Å². The van der Waals surface area contributed by atoms with E-state index in [4.69, 9.17) is 0 Å². The smallest absolute Gasteiger partial charge is 0.178 e. The minimum Gasteiger partial charge on any atom is -0.364 e. The second-order valence-electron chi connectivity index (χ2n) is 5.95. The van der Waals surface area contributed by atoms with Gasteiger partial charge in [0.2, 0.25) is 0 Å². The average Bonchev–Trinajstić information content (AvgIpc) is 2.38. The third-order valence-electron chi connectivity index (χ3n) is 3.78. The molecule has 1 fully saturated rings. The highest BCUT2D eigenvalue weighted by Gasteiger charge is 2.29. The number of hydrogen-bond acceptors (Lipinski definition) is 4. The highest BCUT2D eigenvalue weighted by atomic mass is 32.2. The van der Waals surface area contributed by atoms with E-state index in [0.717, 1.165) is 25.3 Å². The first-order chi connectivity index (χ1) is 9.37. The summed E-state index contributed by atoms with van der Waals surface area (Å²) >= 11 is 0. The summed E-state index contributed by atoms with van der Waals surface area (Å²) in [6, 6.07) is 7.32. The SMILES string of the molecule is CCCS(=O)(=O)c1ccc(N2CCNCC2(C)C)cc1. The molecule has 0 amide bonds. The summed E-state index contributed by atoms with van der Waals surface area (Å²) < 4.78 is 24.0. The van der Waals surface area contributed by atoms with Crippen molar-refractivity contribution in [3.05, 3.63) is 24.3 Å². The maximum Gasteiger partial charge on any atom is 0.178 e. The lowest BCUT2D eigenvalue weighted by Gasteiger charge is -2.44. The first kappa shape index (κ1) is 15.3. The molecule has 0 atom stereocenters. The maximum atomic E-state index is 12.0. The molecule has 5 heteroatoms. The van der Waals surface area contributed by atoms with Crippen LogP contribution in [0.2, 0.25) is 0 Å². The zero-order valence-electron chi connectivity index (χ0n) is 12.5. The van der Waals surface area contributed by atoms with E-state index in [1.807, 2.05) is 19.1 Å². The van der Waals surface area contributed by atoms with Gasteiger partial charge in [-0.05, 0) is 44.5 Å². The topological polar surface area (TPSA) is 49.4 Å². The lowest BCUT2D eigenvalue weighted by molar-refractivity contribution is 0.380. The fourth-order valence-corrected chi connectivity index (χ4v) is 4.01. The summed E-state index contributed by atoms with van der Waals surface area (Å²) in [5, 5.41) is 3.39. The van der Waals surface area contributed by atoms with Gasteiger partial charge in [-0.15, -0.1) is 0 Å². The summed E-state index contributed by atoms with van der Waals surface area (Å²) in [4.78, 5) is 2.76. The highest BCUT2D eigenvalue weighted by molar-refractivity contribution is 7.91. The Kier molecular flexibility index (Phi) is 4.39. The number of anilines is 1. The maximum absolute atomic E-state index is 12.0. The van der Waals surface area contributed by atoms with Crippen molar-refractivity contribution in [2.75, 3.05) is 30.3 Å². The van der Waals surface area contributed by atoms with E-state index in [0.29, 0.717) is 11.3 Å². The van der Waals surface area contributed by atoms with Gasteiger partial charge in [-0.25, -0.2) is 8.42 Å². The lowest BCUT2D eigenvalue weighted by atomic mass is 9.99. The van der Waals surface area contributed by atoms with Crippen LogP contribution in [0.15, 0.2) is 29.2 Å². The van der Waals surface area contributed by atoms with Crippen LogP contribution in [0.4, 0.5) is 5.69 Å². The van der Waals surface area contributed by atoms with Gasteiger partial charge in [-0.3, -0.25) is 0 Å². The van der Waals surface area contributed by atoms with Gasteiger partial charge in [0.25, 0.3) is 0 Å². The van der Waals surface area contributed by atoms with Crippen molar-refractivity contribution in [3.63, 3.8) is 0 Å². The molecule has 112 valence electrons. The lowest BCUT2D eigenvalue weighted by Crippen LogP contribution is -2.58. The van der Waals surface area contributed by atoms with Gasteiger partial charge in [-0.2, -0.15) is 0 Å². The van der Waals surface area contributed by atoms with Gasteiger partial charge in [-0.1, -0.05) is 6.92 Å². The van der Waals surface area contributed by atoms with Crippen molar-refractivity contribution in [2.45, 2.75) is 37.6 Å². The van der Waals surface area contributed by atoms with Crippen LogP contribution in [0.25, 0.3) is 0 Å². The van der Waals surface area contributed by atoms with Crippen LogP contribution in [-0.2, 0) is 9.84 Å². The van der Waals surface area contributed by atoms with E-state index >= 15 is 0 Å². The van der Waals surface area contributed by atoms with Crippen molar-refractivity contribution in [3.8, 4) is 0 Å². The van der Waals surface area contributed by atoms with Gasteiger partial charge in [0.1, 0.15) is 0 Å². The molecule has 1 aliphatic heterocycles. The van der Waals surface area contributed by atoms with Crippen LogP contribution in [0.5, 0.6) is 0 Å². The van der Waals surface area contributed by atoms with Crippen LogP contribution in [0.3, 0.4) is 0 Å². The van der Waals surface area contributed by atoms with Crippen LogP contribution < -0.4 is 10.2 Å². The quantitative estimate of drug-likeness (QED) is 0.924. The molecule has 1 aliphatic rings. The minimum atomic E-state index is -3.12. The second kappa shape index (κ2) is 5.74. The predicted molar refractivity (Wildman–Crippen MR) is 83.1 cm³/mol. The molecular formula is C15H24N2O2S. The van der Waals surface area contributed by atoms with E-state index in [-0.39, 0.29) is 11.3 Å². The zero-order chi connectivity index (χ0) is 14.8. The van der Waals surface area contributed by atoms with Crippen LogP contribution >= 0.6 is 0 Å². The zero-order valence-corrected chi connectivity index (χ0v) is 13.3. The summed E-state index contributed by atoms with van der Waals surface area (Å²) in [5.41, 5.74) is 1.13. The largest absolute Gasteiger partial charge is 0.364 e. The molecule has 0 aliphatic carbocycles. The van der Waals surface area contributed by atoms with Crippen LogP contribution in [0, 0.1) is 0 Å². The molecule has 1 aromatic rings. The number of nitrogens with one attached hydrogen (secondary N) is 1. The number of nitrogens with zero attached hydrogens (tertiary/aromatic N) is 1. The third-order valence-corrected chi connectivity index (χ3v) is 5.72. The molecule has 0 spiro atoms. The van der Waals surface area contributed by atoms with Crippen molar-refractivity contribution >= 4 is 15.5 Å². The Morgan fingerprint density at radius 3 is 2.45 bits per heavy atom. The van der Waals surface area contributed by atoms with E-state index in [1.54, 1.807) is 12.1 Å². The fraction of sp³-hybridized carbons (Fsp3) is 0.600. The van der Waals surface area contributed by atoms with E-state index < -0.39 is 9.84 Å². The predicted octanol–water partition coefficient (Wildman–Crippen LogP) is 2.06. The molecule has 0 radical (unpaired) electrons. The molecule has 0 bridgehead atoms. The number of hydrogen-bond donors (Lipinski definition) is 1. The van der Waals surface area contributed by atoms with Gasteiger partial charge in [0.15, 0.2) is 9.84 Å². The van der Waals surface area contributed by atoms with Gasteiger partial charge >= 0.3 is 0 Å². The van der Waals surface area contributed by atoms with Crippen LogP contribution in [0.1, 0.15) is 27.2 Å². The molecule has 1 N–H and O–H groups in total. The first-order valence-electron chi connectivity index (χ1n) is 7.18. The van der Waals surface area contributed by atoms with Gasteiger partial charge < -0.3 is 10.2 Å². The molecule has 0 aromatic heterocycles. The van der Waals surface area contributed by atoms with Crippen molar-refractivity contribution < 1.29 is 8.42 Å². The molecule has 4 nitrogen and oxygen atoms in total. The normalized spacial score (nSPS) is 19.1. The van der Waals surface area contributed by atoms with E-state index in [1.165, 1.54) is 0 Å². The monoisotopic (exact) mass is 296 g/mol. The first-order valence-corrected chi connectivity index (χ1v) is 8.83. The van der Waals surface area contributed by atoms with Crippen molar-refractivity contribution in [1.29, 1.82) is 0 Å². The number of rotatable bonds is 4. The number of sulfone groups is 1. The summed E-state index contributed by atoms with van der Waals surface area (Å²) in [5.74, 6) is 0.214. The third kappa shape index (κ3) is 3.15. The Labute approximate surface area is 122 Å². The van der Waals surface area contributed by atoms with Crippen molar-refractivity contribution in [2.24, 2.45) is 0 Å². The average molecular weight is 296 g/mol. The highest BCUT2D eigenvalue weighted by Crippen LogP contribution is 2.26. The van der Waals surface area contributed by atoms with E-state index in [2.05, 4.69) is 24.1 Å². The number of benzene rings is 1. The Morgan fingerprint density at radius 2 is 1.90 bits per heavy atom. The molecule has 20 heavy (non-hydrogen) atoms. The molecule has 1 aromatic carbocycles. The van der Waals surface area contributed by atoms with E-state index in [9.17, 15) is 8.42 Å². The number of piperazine rings is 1. The van der Waals surface area contributed by atoms with Crippen LogP contribution in [-0.4, -0.2) is 39.3 Å². The summed E-state index contributed by atoms with van der Waals surface area (Å²) in [7, 11) is -3.12. The minimum absolute atomic E-state index is 0.0437.